The first-order valence-electron chi connectivity index (χ1n) is 6.54. The van der Waals surface area contributed by atoms with Crippen LogP contribution in [0, 0.1) is 0 Å². The lowest BCUT2D eigenvalue weighted by Crippen LogP contribution is -2.35. The number of aliphatic imine (C=N–C) groups is 1. The molecule has 0 radical (unpaired) electrons. The highest BCUT2D eigenvalue weighted by Gasteiger charge is 2.18. The molecule has 0 fully saturated rings. The van der Waals surface area contributed by atoms with Crippen molar-refractivity contribution < 1.29 is 9.53 Å². The smallest absolute Gasteiger partial charge is 0.410 e. The van der Waals surface area contributed by atoms with Gasteiger partial charge >= 0.3 is 6.09 Å². The molecule has 0 aliphatic rings. The molecule has 0 heterocycles. The number of ether oxygens (including phenoxy) is 1. The molecule has 0 aromatic carbocycles. The minimum absolute atomic E-state index is 0.314. The molecule has 0 spiro atoms. The number of hydrogen-bond donors (Lipinski definition) is 1. The van der Waals surface area contributed by atoms with Gasteiger partial charge in [-0.25, -0.2) is 9.79 Å². The normalized spacial score (nSPS) is 11.3. The second-order valence-electron chi connectivity index (χ2n) is 5.70. The van der Waals surface area contributed by atoms with E-state index in [2.05, 4.69) is 10.3 Å². The highest BCUT2D eigenvalue weighted by Crippen LogP contribution is 2.08. The van der Waals surface area contributed by atoms with E-state index in [1.165, 1.54) is 0 Å². The molecule has 20 heavy (non-hydrogen) atoms. The largest absolute Gasteiger partial charge is 0.444 e. The van der Waals surface area contributed by atoms with Crippen LogP contribution < -0.4 is 5.32 Å². The van der Waals surface area contributed by atoms with Crippen molar-refractivity contribution in [2.24, 2.45) is 4.99 Å². The maximum absolute atomic E-state index is 11.7. The van der Waals surface area contributed by atoms with Crippen molar-refractivity contribution in [3.05, 3.63) is 0 Å². The molecule has 6 nitrogen and oxygen atoms in total. The zero-order chi connectivity index (χ0) is 15.8. The summed E-state index contributed by atoms with van der Waals surface area (Å²) in [5, 5.41) is 3.45. The molecule has 0 aromatic heterocycles. The number of rotatable bonds is 5. The van der Waals surface area contributed by atoms with E-state index >= 15 is 0 Å². The zero-order valence-electron chi connectivity index (χ0n) is 13.3. The zero-order valence-corrected chi connectivity index (χ0v) is 14.1. The molecule has 7 heteroatoms. The minimum Gasteiger partial charge on any atom is -0.444 e. The third-order valence-corrected chi connectivity index (χ3v) is 2.31. The van der Waals surface area contributed by atoms with Crippen LogP contribution in [0.2, 0.25) is 0 Å². The lowest BCUT2D eigenvalue weighted by Gasteiger charge is -2.24. The molecule has 0 rings (SSSR count). The number of nitrogens with zero attached hydrogens (tertiary/aromatic N) is 3. The van der Waals surface area contributed by atoms with Crippen LogP contribution in [0.3, 0.4) is 0 Å². The summed E-state index contributed by atoms with van der Waals surface area (Å²) in [5.41, 5.74) is -0.466. The van der Waals surface area contributed by atoms with Gasteiger partial charge in [-0.3, -0.25) is 0 Å². The van der Waals surface area contributed by atoms with E-state index < -0.39 is 5.60 Å². The van der Waals surface area contributed by atoms with E-state index in [0.29, 0.717) is 18.2 Å². The van der Waals surface area contributed by atoms with Gasteiger partial charge in [0, 0.05) is 34.2 Å². The molecule has 116 valence electrons. The van der Waals surface area contributed by atoms with Crippen LogP contribution in [0.15, 0.2) is 4.99 Å². The van der Waals surface area contributed by atoms with Gasteiger partial charge in [0.25, 0.3) is 0 Å². The van der Waals surface area contributed by atoms with Gasteiger partial charge in [0.15, 0.2) is 5.11 Å². The summed E-state index contributed by atoms with van der Waals surface area (Å²) in [6.45, 7) is 6.81. The fourth-order valence-corrected chi connectivity index (χ4v) is 1.31. The Morgan fingerprint density at radius 2 is 1.95 bits per heavy atom. The maximum Gasteiger partial charge on any atom is 0.410 e. The molecule has 0 aromatic rings. The maximum atomic E-state index is 11.7. The monoisotopic (exact) mass is 302 g/mol. The summed E-state index contributed by atoms with van der Waals surface area (Å²) in [6.07, 6.45) is 2.10. The van der Waals surface area contributed by atoms with Crippen LogP contribution in [-0.4, -0.2) is 67.2 Å². The fraction of sp³-hybridized carbons (Fsp3) is 0.769. The van der Waals surface area contributed by atoms with Gasteiger partial charge in [0.1, 0.15) is 5.60 Å². The van der Waals surface area contributed by atoms with E-state index in [1.54, 1.807) is 18.3 Å². The Morgan fingerprint density at radius 3 is 2.45 bits per heavy atom. The number of thiocarbonyl (C=S) groups is 1. The second-order valence-corrected chi connectivity index (χ2v) is 6.08. The lowest BCUT2D eigenvalue weighted by molar-refractivity contribution is 0.0298. The van der Waals surface area contributed by atoms with Gasteiger partial charge in [0.05, 0.1) is 6.34 Å². The Balaban J connectivity index is 3.85. The summed E-state index contributed by atoms with van der Waals surface area (Å²) in [4.78, 5) is 19.1. The van der Waals surface area contributed by atoms with Crippen LogP contribution in [-0.2, 0) is 4.74 Å². The van der Waals surface area contributed by atoms with E-state index in [9.17, 15) is 4.79 Å². The van der Waals surface area contributed by atoms with Crippen LogP contribution in [0.1, 0.15) is 27.2 Å². The van der Waals surface area contributed by atoms with Crippen LogP contribution in [0.5, 0.6) is 0 Å². The van der Waals surface area contributed by atoms with Crippen LogP contribution >= 0.6 is 12.2 Å². The highest BCUT2D eigenvalue weighted by atomic mass is 32.1. The summed E-state index contributed by atoms with van der Waals surface area (Å²) in [6, 6.07) is 0. The molecular weight excluding hydrogens is 276 g/mol. The first kappa shape index (κ1) is 18.6. The molecule has 1 N–H and O–H groups in total. The molecule has 0 saturated heterocycles. The topological polar surface area (TPSA) is 57.2 Å². The van der Waals surface area contributed by atoms with Crippen molar-refractivity contribution >= 4 is 29.8 Å². The molecule has 0 saturated carbocycles. The second kappa shape index (κ2) is 8.73. The van der Waals surface area contributed by atoms with E-state index in [0.717, 1.165) is 6.42 Å². The Kier molecular flexibility index (Phi) is 8.13. The number of carbonyl (C=O) groups excluding carboxylic acids is 1. The van der Waals surface area contributed by atoms with Crippen molar-refractivity contribution in [1.82, 2.24) is 15.1 Å². The quantitative estimate of drug-likeness (QED) is 0.363. The Hall–Kier alpha value is -1.37. The Labute approximate surface area is 127 Å². The number of amides is 1. The average Bonchev–Trinajstić information content (AvgIpc) is 2.29. The van der Waals surface area contributed by atoms with E-state index in [4.69, 9.17) is 17.0 Å². The van der Waals surface area contributed by atoms with Gasteiger partial charge < -0.3 is 19.9 Å². The Morgan fingerprint density at radius 1 is 1.35 bits per heavy atom. The SMILES string of the molecule is CN(C)/C=N/C(=S)NCCCN(C)C(=O)OC(C)(C)C. The molecule has 0 bridgehead atoms. The van der Waals surface area contributed by atoms with Crippen molar-refractivity contribution in [2.75, 3.05) is 34.2 Å². The summed E-state index contributed by atoms with van der Waals surface area (Å²) in [7, 11) is 5.47. The summed E-state index contributed by atoms with van der Waals surface area (Å²) in [5.74, 6) is 0. The van der Waals surface area contributed by atoms with Gasteiger partial charge in [-0.15, -0.1) is 0 Å². The van der Waals surface area contributed by atoms with E-state index in [1.807, 2.05) is 39.8 Å². The van der Waals surface area contributed by atoms with Crippen LogP contribution in [0.4, 0.5) is 4.79 Å². The van der Waals surface area contributed by atoms with Crippen LogP contribution in [0.25, 0.3) is 0 Å². The first-order valence-corrected chi connectivity index (χ1v) is 6.95. The van der Waals surface area contributed by atoms with Crippen molar-refractivity contribution in [1.29, 1.82) is 0 Å². The van der Waals surface area contributed by atoms with Gasteiger partial charge in [-0.2, -0.15) is 0 Å². The summed E-state index contributed by atoms with van der Waals surface area (Å²) >= 11 is 5.03. The first-order chi connectivity index (χ1) is 9.11. The van der Waals surface area contributed by atoms with E-state index in [-0.39, 0.29) is 6.09 Å². The molecule has 0 aliphatic carbocycles. The highest BCUT2D eigenvalue weighted by molar-refractivity contribution is 7.80. The van der Waals surface area contributed by atoms with Gasteiger partial charge in [-0.05, 0) is 39.4 Å². The van der Waals surface area contributed by atoms with Gasteiger partial charge in [0.2, 0.25) is 0 Å². The molecule has 0 aliphatic heterocycles. The molecule has 0 atom stereocenters. The standard InChI is InChI=1S/C13H26N4O2S/c1-13(2,3)19-12(18)17(6)9-7-8-14-11(20)15-10-16(4)5/h10H,7-9H2,1-6H3,(H,14,20)/b15-10+. The predicted octanol–water partition coefficient (Wildman–Crippen LogP) is 1.71. The molecular formula is C13H26N4O2S. The summed E-state index contributed by atoms with van der Waals surface area (Å²) < 4.78 is 5.25. The Bertz CT molecular complexity index is 351. The van der Waals surface area contributed by atoms with Gasteiger partial charge in [-0.1, -0.05) is 0 Å². The van der Waals surface area contributed by atoms with Crippen molar-refractivity contribution in [3.8, 4) is 0 Å². The molecule has 0 unspecified atom stereocenters. The average molecular weight is 302 g/mol. The lowest BCUT2D eigenvalue weighted by atomic mass is 10.2. The molecule has 1 amide bonds. The minimum atomic E-state index is -0.466. The number of hydrogen-bond acceptors (Lipinski definition) is 3. The third kappa shape index (κ3) is 10.5. The van der Waals surface area contributed by atoms with Crippen molar-refractivity contribution in [2.45, 2.75) is 32.8 Å². The van der Waals surface area contributed by atoms with Crippen molar-refractivity contribution in [3.63, 3.8) is 0 Å². The number of nitrogens with one attached hydrogen (secondary N) is 1. The number of carbonyl (C=O) groups is 1. The fourth-order valence-electron chi connectivity index (χ4n) is 1.16. The predicted molar refractivity (Wildman–Crippen MR) is 86.3 cm³/mol. The third-order valence-electron chi connectivity index (χ3n) is 2.06.